The highest BCUT2D eigenvalue weighted by Crippen LogP contribution is 3.02. The first-order chi connectivity index (χ1) is 14.7. The number of ether oxygens (including phenoxy) is 1. The molecule has 1 aliphatic heterocycles. The van der Waals surface area contributed by atoms with E-state index in [0.29, 0.717) is 46.7 Å². The van der Waals surface area contributed by atoms with Gasteiger partial charge in [-0.25, -0.2) is 5.48 Å². The second kappa shape index (κ2) is 7.39. The zero-order chi connectivity index (χ0) is 23.8. The molecule has 3 N–H and O–H groups in total. The molecular formula is C20H18F5N3O3S. The molecule has 12 heteroatoms. The van der Waals surface area contributed by atoms with Crippen LogP contribution in [0.4, 0.5) is 25.1 Å². The summed E-state index contributed by atoms with van der Waals surface area (Å²) in [6, 6.07) is 6.00. The highest BCUT2D eigenvalue weighted by Gasteiger charge is 2.65. The van der Waals surface area contributed by atoms with Crippen LogP contribution in [0.15, 0.2) is 47.4 Å². The van der Waals surface area contributed by atoms with Gasteiger partial charge in [0.1, 0.15) is 16.7 Å². The van der Waals surface area contributed by atoms with E-state index in [1.54, 1.807) is 0 Å². The number of hydroxylamine groups is 1. The van der Waals surface area contributed by atoms with Crippen LogP contribution in [-0.4, -0.2) is 24.3 Å². The standard InChI is InChI=1S/C20H18F5N3O3S/c1-12(8-19(29)28-30)11-27-18-9-16(20-15(6-7-31-20)17(18)10-26)13-2-4-14(5-3-13)32(21,22,23,24)25/h2-5,9,27,30H,1,6-8,11H2,(H,28,29). The van der Waals surface area contributed by atoms with Crippen molar-refractivity contribution in [2.45, 2.75) is 17.7 Å². The number of nitrogens with zero attached hydrogens (tertiary/aromatic N) is 1. The number of benzene rings is 2. The molecule has 2 aromatic rings. The number of fused-ring (bicyclic) bond motifs is 1. The number of anilines is 1. The Bertz CT molecular complexity index is 1140. The fourth-order valence-electron chi connectivity index (χ4n) is 3.30. The Kier molecular flexibility index (Phi) is 5.39. The second-order valence-corrected chi connectivity index (χ2v) is 9.58. The molecular weight excluding hydrogens is 457 g/mol. The summed E-state index contributed by atoms with van der Waals surface area (Å²) in [6.07, 6.45) is 0.195. The molecule has 0 atom stereocenters. The minimum absolute atomic E-state index is 0.0599. The maximum absolute atomic E-state index is 13.0. The highest BCUT2D eigenvalue weighted by atomic mass is 32.5. The van der Waals surface area contributed by atoms with Crippen molar-refractivity contribution >= 4 is 21.8 Å². The van der Waals surface area contributed by atoms with Crippen LogP contribution < -0.4 is 15.5 Å². The van der Waals surface area contributed by atoms with Crippen LogP contribution in [0.25, 0.3) is 11.1 Å². The van der Waals surface area contributed by atoms with Crippen molar-refractivity contribution in [1.29, 1.82) is 5.26 Å². The van der Waals surface area contributed by atoms with Crippen molar-refractivity contribution in [1.82, 2.24) is 5.48 Å². The smallest absolute Gasteiger partial charge is 0.310 e. The average molecular weight is 475 g/mol. The van der Waals surface area contributed by atoms with E-state index in [1.165, 1.54) is 11.5 Å². The van der Waals surface area contributed by atoms with Crippen LogP contribution in [0.1, 0.15) is 17.5 Å². The summed E-state index contributed by atoms with van der Waals surface area (Å²) in [7, 11) is -9.81. The molecule has 1 amide bonds. The Morgan fingerprint density at radius 1 is 1.22 bits per heavy atom. The number of carbonyl (C=O) groups is 1. The maximum Gasteiger partial charge on any atom is 0.310 e. The van der Waals surface area contributed by atoms with Crippen LogP contribution in [0.2, 0.25) is 0 Å². The van der Waals surface area contributed by atoms with Gasteiger partial charge in [-0.05, 0) is 29.3 Å². The third kappa shape index (κ3) is 4.95. The molecule has 0 spiro atoms. The summed E-state index contributed by atoms with van der Waals surface area (Å²) in [5.74, 6) is -0.380. The molecule has 0 radical (unpaired) electrons. The molecule has 3 rings (SSSR count). The third-order valence-corrected chi connectivity index (χ3v) is 5.93. The van der Waals surface area contributed by atoms with E-state index in [4.69, 9.17) is 9.94 Å². The molecule has 0 unspecified atom stereocenters. The van der Waals surface area contributed by atoms with Gasteiger partial charge < -0.3 is 10.1 Å². The lowest BCUT2D eigenvalue weighted by Gasteiger charge is -2.40. The highest BCUT2D eigenvalue weighted by molar-refractivity contribution is 8.45. The monoisotopic (exact) mass is 475 g/mol. The first-order valence-electron chi connectivity index (χ1n) is 9.14. The van der Waals surface area contributed by atoms with Gasteiger partial charge in [0.25, 0.3) is 0 Å². The van der Waals surface area contributed by atoms with Crippen LogP contribution >= 0.6 is 10.2 Å². The van der Waals surface area contributed by atoms with Crippen molar-refractivity contribution in [2.75, 3.05) is 18.5 Å². The first-order valence-corrected chi connectivity index (χ1v) is 11.1. The van der Waals surface area contributed by atoms with E-state index in [2.05, 4.69) is 18.0 Å². The number of hydrogen-bond donors (Lipinski definition) is 3. The third-order valence-electron chi connectivity index (χ3n) is 4.76. The second-order valence-electron chi connectivity index (χ2n) is 7.17. The molecule has 1 aliphatic rings. The van der Waals surface area contributed by atoms with Gasteiger partial charge in [0.15, 0.2) is 0 Å². The molecule has 0 aromatic heterocycles. The van der Waals surface area contributed by atoms with E-state index in [-0.39, 0.29) is 30.7 Å². The summed E-state index contributed by atoms with van der Waals surface area (Å²) in [4.78, 5) is 9.24. The first kappa shape index (κ1) is 23.4. The molecule has 0 saturated heterocycles. The van der Waals surface area contributed by atoms with Crippen molar-refractivity contribution in [3.05, 3.63) is 53.6 Å². The topological polar surface area (TPSA) is 94.4 Å². The normalized spacial score (nSPS) is 14.9. The average Bonchev–Trinajstić information content (AvgIpc) is 3.19. The number of amides is 1. The van der Waals surface area contributed by atoms with Gasteiger partial charge in [0.05, 0.1) is 24.3 Å². The van der Waals surface area contributed by atoms with Gasteiger partial charge in [-0.1, -0.05) is 38.1 Å². The van der Waals surface area contributed by atoms with Gasteiger partial charge >= 0.3 is 10.2 Å². The number of nitriles is 1. The zero-order valence-corrected chi connectivity index (χ0v) is 17.2. The molecule has 0 bridgehead atoms. The molecule has 172 valence electrons. The predicted octanol–water partition coefficient (Wildman–Crippen LogP) is 5.68. The van der Waals surface area contributed by atoms with Crippen LogP contribution in [0.5, 0.6) is 5.75 Å². The lowest BCUT2D eigenvalue weighted by Crippen LogP contribution is -2.20. The quantitative estimate of drug-likeness (QED) is 0.207. The predicted molar refractivity (Wildman–Crippen MR) is 109 cm³/mol. The lowest BCUT2D eigenvalue weighted by atomic mass is 9.95. The Balaban J connectivity index is 2.00. The number of hydrogen-bond acceptors (Lipinski definition) is 5. The Labute approximate surface area is 180 Å². The summed E-state index contributed by atoms with van der Waals surface area (Å²) in [6.45, 7) is 4.00. The Morgan fingerprint density at radius 2 is 1.88 bits per heavy atom. The Morgan fingerprint density at radius 3 is 2.44 bits per heavy atom. The van der Waals surface area contributed by atoms with Gasteiger partial charge in [0.2, 0.25) is 5.91 Å². The minimum Gasteiger partial charge on any atom is -0.492 e. The van der Waals surface area contributed by atoms with Crippen LogP contribution in [0, 0.1) is 11.3 Å². The molecule has 2 aromatic carbocycles. The fraction of sp³-hybridized carbons (Fsp3) is 0.200. The fourth-order valence-corrected chi connectivity index (χ4v) is 3.95. The van der Waals surface area contributed by atoms with Crippen molar-refractivity contribution in [3.63, 3.8) is 0 Å². The summed E-state index contributed by atoms with van der Waals surface area (Å²) in [5, 5.41) is 21.1. The van der Waals surface area contributed by atoms with E-state index >= 15 is 0 Å². The minimum atomic E-state index is -9.81. The summed E-state index contributed by atoms with van der Waals surface area (Å²) < 4.78 is 70.7. The van der Waals surface area contributed by atoms with E-state index in [0.717, 1.165) is 12.1 Å². The molecule has 0 saturated carbocycles. The van der Waals surface area contributed by atoms with Crippen LogP contribution in [-0.2, 0) is 11.2 Å². The van der Waals surface area contributed by atoms with Crippen molar-refractivity contribution < 1.29 is 34.2 Å². The van der Waals surface area contributed by atoms with Crippen LogP contribution in [0.3, 0.4) is 0 Å². The van der Waals surface area contributed by atoms with Gasteiger partial charge in [-0.2, -0.15) is 5.26 Å². The summed E-state index contributed by atoms with van der Waals surface area (Å²) in [5.41, 5.74) is 3.48. The van der Waals surface area contributed by atoms with E-state index in [1.807, 2.05) is 0 Å². The largest absolute Gasteiger partial charge is 0.492 e. The number of carbonyl (C=O) groups excluding carboxylic acids is 1. The molecule has 0 aliphatic carbocycles. The number of nitrogens with one attached hydrogen (secondary N) is 2. The number of rotatable bonds is 7. The van der Waals surface area contributed by atoms with E-state index in [9.17, 15) is 29.5 Å². The van der Waals surface area contributed by atoms with Gasteiger partial charge in [-0.3, -0.25) is 10.0 Å². The van der Waals surface area contributed by atoms with Crippen molar-refractivity contribution in [2.24, 2.45) is 0 Å². The molecule has 0 fully saturated rings. The number of halogens is 5. The molecule has 1 heterocycles. The van der Waals surface area contributed by atoms with Gasteiger partial charge in [-0.15, -0.1) is 0 Å². The summed E-state index contributed by atoms with van der Waals surface area (Å²) >= 11 is 0. The Hall–Kier alpha value is -3.30. The SMILES string of the molecule is C=C(CNc1cc(-c2ccc(S(F)(F)(F)(F)F)cc2)c2c(c1C#N)CCO2)CC(=O)NO. The molecule has 32 heavy (non-hydrogen) atoms. The maximum atomic E-state index is 13.0. The molecule has 6 nitrogen and oxygen atoms in total. The van der Waals surface area contributed by atoms with Crippen molar-refractivity contribution in [3.8, 4) is 22.9 Å². The van der Waals surface area contributed by atoms with Gasteiger partial charge in [0, 0.05) is 24.1 Å². The van der Waals surface area contributed by atoms with E-state index < -0.39 is 21.0 Å². The lowest BCUT2D eigenvalue weighted by molar-refractivity contribution is -0.128. The zero-order valence-electron chi connectivity index (χ0n) is 16.4.